The van der Waals surface area contributed by atoms with Crippen LogP contribution in [0.3, 0.4) is 0 Å². The van der Waals surface area contributed by atoms with Crippen LogP contribution in [0.5, 0.6) is 0 Å². The number of alkyl halides is 6. The van der Waals surface area contributed by atoms with Crippen LogP contribution in [0.1, 0.15) is 11.1 Å². The molecule has 0 N–H and O–H groups in total. The first kappa shape index (κ1) is 17.6. The molecular formula is C12H4Cl2F6N2O. The van der Waals surface area contributed by atoms with E-state index in [-0.39, 0.29) is 6.07 Å². The van der Waals surface area contributed by atoms with E-state index in [1.807, 2.05) is 0 Å². The highest BCUT2D eigenvalue weighted by Crippen LogP contribution is 2.35. The molecule has 0 fully saturated rings. The van der Waals surface area contributed by atoms with E-state index in [0.717, 1.165) is 0 Å². The van der Waals surface area contributed by atoms with Crippen LogP contribution in [0, 0.1) is 0 Å². The van der Waals surface area contributed by atoms with Crippen molar-refractivity contribution in [2.75, 3.05) is 0 Å². The average molecular weight is 377 g/mol. The van der Waals surface area contributed by atoms with Crippen molar-refractivity contribution in [2.45, 2.75) is 12.4 Å². The van der Waals surface area contributed by atoms with Gasteiger partial charge in [0.1, 0.15) is 0 Å². The fourth-order valence-corrected chi connectivity index (χ4v) is 2.17. The van der Waals surface area contributed by atoms with Crippen LogP contribution in [0.25, 0.3) is 5.82 Å². The van der Waals surface area contributed by atoms with Gasteiger partial charge < -0.3 is 0 Å². The third kappa shape index (κ3) is 3.61. The Morgan fingerprint density at radius 1 is 0.957 bits per heavy atom. The van der Waals surface area contributed by atoms with E-state index in [1.54, 1.807) is 0 Å². The van der Waals surface area contributed by atoms with Crippen LogP contribution in [0.15, 0.2) is 29.3 Å². The second-order valence-corrected chi connectivity index (χ2v) is 5.08. The van der Waals surface area contributed by atoms with E-state index in [1.165, 1.54) is 0 Å². The topological polar surface area (TPSA) is 34.9 Å². The molecular weight excluding hydrogens is 373 g/mol. The molecule has 11 heteroatoms. The lowest BCUT2D eigenvalue weighted by atomic mass is 10.2. The number of rotatable bonds is 1. The van der Waals surface area contributed by atoms with Crippen molar-refractivity contribution in [1.82, 2.24) is 9.55 Å². The summed E-state index contributed by atoms with van der Waals surface area (Å²) in [6.07, 6.45) is -8.57. The van der Waals surface area contributed by atoms with Crippen LogP contribution in [-0.2, 0) is 12.4 Å². The zero-order valence-corrected chi connectivity index (χ0v) is 12.1. The van der Waals surface area contributed by atoms with Crippen molar-refractivity contribution in [2.24, 2.45) is 0 Å². The van der Waals surface area contributed by atoms with Crippen molar-refractivity contribution >= 4 is 23.2 Å². The third-order valence-electron chi connectivity index (χ3n) is 2.69. The normalized spacial score (nSPS) is 12.5. The van der Waals surface area contributed by atoms with Gasteiger partial charge in [-0.25, -0.2) is 4.98 Å². The molecule has 0 spiro atoms. The van der Waals surface area contributed by atoms with Gasteiger partial charge in [-0.05, 0) is 6.07 Å². The Labute approximate surface area is 134 Å². The molecule has 0 unspecified atom stereocenters. The molecule has 0 amide bonds. The van der Waals surface area contributed by atoms with E-state index in [0.29, 0.717) is 23.0 Å². The molecule has 0 aliphatic rings. The Hall–Kier alpha value is -1.74. The minimum Gasteiger partial charge on any atom is -0.269 e. The van der Waals surface area contributed by atoms with Gasteiger partial charge in [0.25, 0.3) is 5.56 Å². The molecule has 124 valence electrons. The number of pyridine rings is 2. The van der Waals surface area contributed by atoms with E-state index < -0.39 is 44.9 Å². The summed E-state index contributed by atoms with van der Waals surface area (Å²) in [5, 5.41) is -1.40. The average Bonchev–Trinajstić information content (AvgIpc) is 2.39. The summed E-state index contributed by atoms with van der Waals surface area (Å²) in [6.45, 7) is 0. The van der Waals surface area contributed by atoms with Gasteiger partial charge >= 0.3 is 12.4 Å². The highest BCUT2D eigenvalue weighted by Gasteiger charge is 2.35. The standard InChI is InChI=1S/C12H4Cl2F6N2O/c13-7-1-5(11(15,16)17)3-21-10(7)22-4-8(14)6(2-9(22)23)12(18,19)20/h1-4H. The maximum absolute atomic E-state index is 12.6. The molecule has 2 aromatic heterocycles. The molecule has 0 saturated heterocycles. The smallest absolute Gasteiger partial charge is 0.269 e. The predicted octanol–water partition coefficient (Wildman–Crippen LogP) is 4.58. The summed E-state index contributed by atoms with van der Waals surface area (Å²) in [7, 11) is 0. The summed E-state index contributed by atoms with van der Waals surface area (Å²) in [5.41, 5.74) is -3.74. The SMILES string of the molecule is O=c1cc(C(F)(F)F)c(Cl)cn1-c1ncc(C(F)(F)F)cc1Cl. The lowest BCUT2D eigenvalue weighted by molar-refractivity contribution is -0.138. The lowest BCUT2D eigenvalue weighted by Gasteiger charge is -2.13. The van der Waals surface area contributed by atoms with Gasteiger partial charge in [-0.3, -0.25) is 9.36 Å². The molecule has 0 atom stereocenters. The third-order valence-corrected chi connectivity index (χ3v) is 3.27. The minimum absolute atomic E-state index is 0.206. The summed E-state index contributed by atoms with van der Waals surface area (Å²) in [4.78, 5) is 15.1. The Morgan fingerprint density at radius 2 is 1.57 bits per heavy atom. The second-order valence-electron chi connectivity index (χ2n) is 4.27. The molecule has 2 heterocycles. The van der Waals surface area contributed by atoms with Crippen molar-refractivity contribution in [3.63, 3.8) is 0 Å². The van der Waals surface area contributed by atoms with E-state index >= 15 is 0 Å². The van der Waals surface area contributed by atoms with Crippen molar-refractivity contribution in [3.05, 3.63) is 56.1 Å². The zero-order valence-electron chi connectivity index (χ0n) is 10.6. The maximum Gasteiger partial charge on any atom is 0.418 e. The molecule has 2 aromatic rings. The Balaban J connectivity index is 2.60. The highest BCUT2D eigenvalue weighted by atomic mass is 35.5. The van der Waals surface area contributed by atoms with Crippen LogP contribution in [-0.4, -0.2) is 9.55 Å². The quantitative estimate of drug-likeness (QED) is 0.683. The first-order valence-corrected chi connectivity index (χ1v) is 6.39. The van der Waals surface area contributed by atoms with E-state index in [2.05, 4.69) is 4.98 Å². The lowest BCUT2D eigenvalue weighted by Crippen LogP contribution is -2.22. The van der Waals surface area contributed by atoms with E-state index in [4.69, 9.17) is 23.2 Å². The summed E-state index contributed by atoms with van der Waals surface area (Å²) in [5.74, 6) is -0.472. The van der Waals surface area contributed by atoms with Crippen molar-refractivity contribution in [3.8, 4) is 5.82 Å². The Bertz CT molecular complexity index is 813. The van der Waals surface area contributed by atoms with Gasteiger partial charge in [-0.15, -0.1) is 0 Å². The van der Waals surface area contributed by atoms with Gasteiger partial charge in [0.15, 0.2) is 5.82 Å². The van der Waals surface area contributed by atoms with Crippen LogP contribution >= 0.6 is 23.2 Å². The van der Waals surface area contributed by atoms with Crippen molar-refractivity contribution < 1.29 is 26.3 Å². The van der Waals surface area contributed by atoms with Crippen LogP contribution in [0.4, 0.5) is 26.3 Å². The van der Waals surface area contributed by atoms with Gasteiger partial charge in [0.05, 0.1) is 21.2 Å². The fraction of sp³-hybridized carbons (Fsp3) is 0.167. The molecule has 0 aromatic carbocycles. The largest absolute Gasteiger partial charge is 0.418 e. The molecule has 0 aliphatic heterocycles. The number of aromatic nitrogens is 2. The number of halogens is 8. The maximum atomic E-state index is 12.6. The number of hydrogen-bond acceptors (Lipinski definition) is 2. The first-order chi connectivity index (χ1) is 10.4. The molecule has 0 radical (unpaired) electrons. The molecule has 0 bridgehead atoms. The molecule has 23 heavy (non-hydrogen) atoms. The summed E-state index contributed by atoms with van der Waals surface area (Å²) >= 11 is 11.1. The minimum atomic E-state index is -4.85. The highest BCUT2D eigenvalue weighted by molar-refractivity contribution is 6.32. The Kier molecular flexibility index (Phi) is 4.38. The van der Waals surface area contributed by atoms with Crippen LogP contribution < -0.4 is 5.56 Å². The van der Waals surface area contributed by atoms with Gasteiger partial charge in [0.2, 0.25) is 0 Å². The first-order valence-electron chi connectivity index (χ1n) is 5.64. The van der Waals surface area contributed by atoms with Gasteiger partial charge in [0, 0.05) is 18.5 Å². The van der Waals surface area contributed by atoms with E-state index in [9.17, 15) is 31.1 Å². The van der Waals surface area contributed by atoms with Crippen LogP contribution in [0.2, 0.25) is 10.0 Å². The monoisotopic (exact) mass is 376 g/mol. The predicted molar refractivity (Wildman–Crippen MR) is 69.9 cm³/mol. The summed E-state index contributed by atoms with van der Waals surface area (Å²) < 4.78 is 76.0. The summed E-state index contributed by atoms with van der Waals surface area (Å²) in [6, 6.07) is 0.708. The second kappa shape index (κ2) is 5.72. The Morgan fingerprint density at radius 3 is 2.04 bits per heavy atom. The number of nitrogens with zero attached hydrogens (tertiary/aromatic N) is 2. The molecule has 0 saturated carbocycles. The fourth-order valence-electron chi connectivity index (χ4n) is 1.65. The number of hydrogen-bond donors (Lipinski definition) is 0. The van der Waals surface area contributed by atoms with Gasteiger partial charge in [-0.1, -0.05) is 23.2 Å². The molecule has 2 rings (SSSR count). The zero-order chi connectivity index (χ0) is 17.6. The molecule has 0 aliphatic carbocycles. The van der Waals surface area contributed by atoms with Crippen molar-refractivity contribution in [1.29, 1.82) is 0 Å². The van der Waals surface area contributed by atoms with Gasteiger partial charge in [-0.2, -0.15) is 26.3 Å². The molecule has 3 nitrogen and oxygen atoms in total.